The van der Waals surface area contributed by atoms with Gasteiger partial charge in [0.25, 0.3) is 0 Å². The minimum absolute atomic E-state index is 0.253. The number of hydrogen-bond acceptors (Lipinski definition) is 3. The maximum atomic E-state index is 9.19. The number of ether oxygens (including phenoxy) is 2. The first kappa shape index (κ1) is 13.7. The third kappa shape index (κ3) is 2.64. The zero-order chi connectivity index (χ0) is 14.1. The lowest BCUT2D eigenvalue weighted by molar-refractivity contribution is -0.0189. The molecule has 2 aliphatic rings. The van der Waals surface area contributed by atoms with E-state index in [1.54, 1.807) is 24.3 Å². The largest absolute Gasteiger partial charge is 0.508 e. The van der Waals surface area contributed by atoms with Crippen LogP contribution in [0.2, 0.25) is 0 Å². The van der Waals surface area contributed by atoms with Gasteiger partial charge in [0.1, 0.15) is 11.5 Å². The third-order valence-corrected chi connectivity index (χ3v) is 5.51. The molecular weight excluding hydrogens is 252 g/mol. The minimum Gasteiger partial charge on any atom is -0.508 e. The molecule has 3 nitrogen and oxygen atoms in total. The molecule has 0 saturated heterocycles. The van der Waals surface area contributed by atoms with E-state index < -0.39 is 0 Å². The fourth-order valence-electron chi connectivity index (χ4n) is 4.14. The lowest BCUT2D eigenvalue weighted by Crippen LogP contribution is -2.27. The number of rotatable bonds is 5. The molecule has 3 rings (SSSR count). The molecule has 20 heavy (non-hydrogen) atoms. The van der Waals surface area contributed by atoms with Gasteiger partial charge in [0, 0.05) is 0 Å². The molecule has 2 bridgehead atoms. The number of hydrogen-bond donors (Lipinski definition) is 1. The van der Waals surface area contributed by atoms with Crippen LogP contribution >= 0.6 is 0 Å². The molecule has 110 valence electrons. The van der Waals surface area contributed by atoms with Crippen LogP contribution in [0.5, 0.6) is 11.5 Å². The van der Waals surface area contributed by atoms with Crippen LogP contribution in [-0.2, 0) is 4.74 Å². The number of benzene rings is 1. The summed E-state index contributed by atoms with van der Waals surface area (Å²) in [4.78, 5) is 0. The van der Waals surface area contributed by atoms with E-state index in [-0.39, 0.29) is 5.75 Å². The van der Waals surface area contributed by atoms with Crippen molar-refractivity contribution in [1.29, 1.82) is 0 Å². The Morgan fingerprint density at radius 3 is 2.50 bits per heavy atom. The molecule has 1 aromatic carbocycles. The summed E-state index contributed by atoms with van der Waals surface area (Å²) in [6.45, 7) is 5.91. The van der Waals surface area contributed by atoms with Gasteiger partial charge in [-0.15, -0.1) is 0 Å². The first-order valence-electron chi connectivity index (χ1n) is 7.64. The average Bonchev–Trinajstić information content (AvgIpc) is 2.98. The van der Waals surface area contributed by atoms with E-state index in [2.05, 4.69) is 13.8 Å². The number of fused-ring (bicyclic) bond motifs is 2. The van der Waals surface area contributed by atoms with Crippen LogP contribution in [0.4, 0.5) is 0 Å². The summed E-state index contributed by atoms with van der Waals surface area (Å²) in [5.74, 6) is 5.21. The van der Waals surface area contributed by atoms with E-state index in [0.29, 0.717) is 6.79 Å². The number of aromatic hydroxyl groups is 1. The SMILES string of the molecule is CC1C2CC(COCOc3ccc(O)cc3)C(C2)C1C. The molecule has 5 atom stereocenters. The Morgan fingerprint density at radius 1 is 1.10 bits per heavy atom. The summed E-state index contributed by atoms with van der Waals surface area (Å²) in [5, 5.41) is 9.19. The van der Waals surface area contributed by atoms with Gasteiger partial charge in [-0.3, -0.25) is 0 Å². The van der Waals surface area contributed by atoms with Crippen molar-refractivity contribution in [1.82, 2.24) is 0 Å². The van der Waals surface area contributed by atoms with Gasteiger partial charge in [-0.2, -0.15) is 0 Å². The second-order valence-corrected chi connectivity index (χ2v) is 6.50. The van der Waals surface area contributed by atoms with Gasteiger partial charge in [-0.25, -0.2) is 0 Å². The molecule has 3 heteroatoms. The molecule has 2 aliphatic carbocycles. The highest BCUT2D eigenvalue weighted by atomic mass is 16.7. The van der Waals surface area contributed by atoms with Gasteiger partial charge in [-0.05, 0) is 66.7 Å². The highest BCUT2D eigenvalue weighted by molar-refractivity contribution is 5.29. The van der Waals surface area contributed by atoms with E-state index in [1.807, 2.05) is 0 Å². The maximum absolute atomic E-state index is 9.19. The first-order valence-corrected chi connectivity index (χ1v) is 7.64. The van der Waals surface area contributed by atoms with Gasteiger partial charge in [0.15, 0.2) is 6.79 Å². The monoisotopic (exact) mass is 276 g/mol. The smallest absolute Gasteiger partial charge is 0.189 e. The van der Waals surface area contributed by atoms with Crippen molar-refractivity contribution in [3.05, 3.63) is 24.3 Å². The lowest BCUT2D eigenvalue weighted by Gasteiger charge is -2.31. The quantitative estimate of drug-likeness (QED) is 0.658. The predicted molar refractivity (Wildman–Crippen MR) is 77.6 cm³/mol. The van der Waals surface area contributed by atoms with Crippen molar-refractivity contribution in [2.75, 3.05) is 13.4 Å². The van der Waals surface area contributed by atoms with Crippen molar-refractivity contribution >= 4 is 0 Å². The van der Waals surface area contributed by atoms with Gasteiger partial charge < -0.3 is 14.6 Å². The second-order valence-electron chi connectivity index (χ2n) is 6.50. The molecular formula is C17H24O3. The van der Waals surface area contributed by atoms with Crippen LogP contribution in [0.1, 0.15) is 26.7 Å². The van der Waals surface area contributed by atoms with Crippen LogP contribution in [-0.4, -0.2) is 18.5 Å². The Morgan fingerprint density at radius 2 is 1.85 bits per heavy atom. The Kier molecular flexibility index (Phi) is 3.88. The fraction of sp³-hybridized carbons (Fsp3) is 0.647. The zero-order valence-electron chi connectivity index (χ0n) is 12.3. The molecule has 1 aromatic rings. The summed E-state index contributed by atoms with van der Waals surface area (Å²) < 4.78 is 11.2. The van der Waals surface area contributed by atoms with E-state index in [4.69, 9.17) is 9.47 Å². The molecule has 0 aromatic heterocycles. The molecule has 0 heterocycles. The molecule has 1 N–H and O–H groups in total. The van der Waals surface area contributed by atoms with Crippen molar-refractivity contribution < 1.29 is 14.6 Å². The van der Waals surface area contributed by atoms with Crippen LogP contribution in [0, 0.1) is 29.6 Å². The molecule has 0 radical (unpaired) electrons. The van der Waals surface area contributed by atoms with E-state index in [1.165, 1.54) is 12.8 Å². The second kappa shape index (κ2) is 5.65. The van der Waals surface area contributed by atoms with Crippen molar-refractivity contribution in [3.63, 3.8) is 0 Å². The molecule has 0 aliphatic heterocycles. The summed E-state index contributed by atoms with van der Waals surface area (Å²) in [6, 6.07) is 6.74. The predicted octanol–water partition coefficient (Wildman–Crippen LogP) is 3.67. The highest BCUT2D eigenvalue weighted by Gasteiger charge is 2.48. The Labute approximate surface area is 120 Å². The Bertz CT molecular complexity index is 440. The van der Waals surface area contributed by atoms with Crippen LogP contribution in [0.25, 0.3) is 0 Å². The van der Waals surface area contributed by atoms with Gasteiger partial charge >= 0.3 is 0 Å². The Balaban J connectivity index is 1.40. The summed E-state index contributed by atoms with van der Waals surface area (Å²) in [7, 11) is 0. The molecule has 5 unspecified atom stereocenters. The number of phenolic OH excluding ortho intramolecular Hbond substituents is 1. The topological polar surface area (TPSA) is 38.7 Å². The molecule has 2 fully saturated rings. The number of phenols is 1. The molecule has 2 saturated carbocycles. The lowest BCUT2D eigenvalue weighted by atomic mass is 9.76. The van der Waals surface area contributed by atoms with Crippen LogP contribution in [0.3, 0.4) is 0 Å². The zero-order valence-corrected chi connectivity index (χ0v) is 12.3. The van der Waals surface area contributed by atoms with E-state index >= 15 is 0 Å². The average molecular weight is 276 g/mol. The van der Waals surface area contributed by atoms with Crippen molar-refractivity contribution in [2.24, 2.45) is 29.6 Å². The first-order chi connectivity index (χ1) is 9.65. The van der Waals surface area contributed by atoms with E-state index in [0.717, 1.165) is 41.9 Å². The minimum atomic E-state index is 0.253. The van der Waals surface area contributed by atoms with Crippen LogP contribution in [0.15, 0.2) is 24.3 Å². The van der Waals surface area contributed by atoms with E-state index in [9.17, 15) is 5.11 Å². The normalized spacial score (nSPS) is 35.4. The van der Waals surface area contributed by atoms with Gasteiger partial charge in [0.2, 0.25) is 0 Å². The summed E-state index contributed by atoms with van der Waals surface area (Å²) in [6.07, 6.45) is 2.73. The molecule has 0 amide bonds. The highest BCUT2D eigenvalue weighted by Crippen LogP contribution is 2.54. The third-order valence-electron chi connectivity index (χ3n) is 5.51. The van der Waals surface area contributed by atoms with Gasteiger partial charge in [0.05, 0.1) is 6.61 Å². The standard InChI is InChI=1S/C17H24O3/c1-11-12(2)17-8-13(11)7-14(17)9-19-10-20-16-5-3-15(18)4-6-16/h3-6,11-14,17-18H,7-10H2,1-2H3. The summed E-state index contributed by atoms with van der Waals surface area (Å²) in [5.41, 5.74) is 0. The fourth-order valence-corrected chi connectivity index (χ4v) is 4.14. The summed E-state index contributed by atoms with van der Waals surface area (Å²) >= 11 is 0. The van der Waals surface area contributed by atoms with Gasteiger partial charge in [-0.1, -0.05) is 13.8 Å². The van der Waals surface area contributed by atoms with Crippen molar-refractivity contribution in [3.8, 4) is 11.5 Å². The Hall–Kier alpha value is -1.22. The van der Waals surface area contributed by atoms with Crippen molar-refractivity contribution in [2.45, 2.75) is 26.7 Å². The maximum Gasteiger partial charge on any atom is 0.189 e. The molecule has 0 spiro atoms. The van der Waals surface area contributed by atoms with Crippen LogP contribution < -0.4 is 4.74 Å².